The molecule has 0 saturated carbocycles. The van der Waals surface area contributed by atoms with Crippen molar-refractivity contribution >= 4 is 37.3 Å². The van der Waals surface area contributed by atoms with Gasteiger partial charge in [-0.2, -0.15) is 4.31 Å². The molecular formula is C11H16BrNO3S2. The molecule has 1 fully saturated rings. The van der Waals surface area contributed by atoms with Crippen LogP contribution in [0, 0.1) is 6.92 Å². The highest BCUT2D eigenvalue weighted by Gasteiger charge is 2.31. The number of thiophene rings is 1. The highest BCUT2D eigenvalue weighted by molar-refractivity contribution is 9.11. The number of aryl methyl sites for hydroxylation is 1. The van der Waals surface area contributed by atoms with E-state index < -0.39 is 10.0 Å². The molecular weight excluding hydrogens is 338 g/mol. The summed E-state index contributed by atoms with van der Waals surface area (Å²) in [6.07, 6.45) is 0.842. The van der Waals surface area contributed by atoms with Crippen molar-refractivity contribution in [3.63, 3.8) is 0 Å². The predicted molar refractivity (Wildman–Crippen MR) is 75.5 cm³/mol. The van der Waals surface area contributed by atoms with E-state index >= 15 is 0 Å². The van der Waals surface area contributed by atoms with Crippen molar-refractivity contribution < 1.29 is 13.2 Å². The normalized spacial score (nSPS) is 22.3. The fourth-order valence-electron chi connectivity index (χ4n) is 1.98. The maximum Gasteiger partial charge on any atom is 0.244 e. The molecule has 1 saturated heterocycles. The van der Waals surface area contributed by atoms with Gasteiger partial charge in [0.05, 0.1) is 21.4 Å². The molecule has 0 bridgehead atoms. The summed E-state index contributed by atoms with van der Waals surface area (Å²) >= 11 is 4.78. The van der Waals surface area contributed by atoms with Crippen molar-refractivity contribution in [2.45, 2.75) is 31.3 Å². The molecule has 2 heterocycles. The molecule has 0 aromatic carbocycles. The largest absolute Gasteiger partial charge is 0.375 e. The summed E-state index contributed by atoms with van der Waals surface area (Å²) in [7, 11) is -3.38. The van der Waals surface area contributed by atoms with Crippen LogP contribution in [-0.2, 0) is 14.8 Å². The molecule has 1 atom stereocenters. The first kappa shape index (κ1) is 14.5. The second-order valence-electron chi connectivity index (χ2n) is 4.24. The Bertz CT molecular complexity index is 526. The van der Waals surface area contributed by atoms with Gasteiger partial charge >= 0.3 is 0 Å². The van der Waals surface area contributed by atoms with Gasteiger partial charge < -0.3 is 4.74 Å². The zero-order chi connectivity index (χ0) is 13.3. The van der Waals surface area contributed by atoms with Crippen LogP contribution in [0.5, 0.6) is 0 Å². The van der Waals surface area contributed by atoms with E-state index in [2.05, 4.69) is 15.9 Å². The zero-order valence-electron chi connectivity index (χ0n) is 10.3. The summed E-state index contributed by atoms with van der Waals surface area (Å²) in [6.45, 7) is 5.20. The van der Waals surface area contributed by atoms with E-state index in [0.717, 1.165) is 15.1 Å². The molecule has 1 aliphatic rings. The lowest BCUT2D eigenvalue weighted by molar-refractivity contribution is -0.00278. The fourth-order valence-corrected chi connectivity index (χ4v) is 5.82. The summed E-state index contributed by atoms with van der Waals surface area (Å²) in [5, 5.41) is 0. The van der Waals surface area contributed by atoms with Gasteiger partial charge in [0.25, 0.3) is 0 Å². The van der Waals surface area contributed by atoms with Gasteiger partial charge in [-0.1, -0.05) is 6.92 Å². The highest BCUT2D eigenvalue weighted by atomic mass is 79.9. The highest BCUT2D eigenvalue weighted by Crippen LogP contribution is 2.32. The van der Waals surface area contributed by atoms with Gasteiger partial charge in [0, 0.05) is 18.0 Å². The van der Waals surface area contributed by atoms with Gasteiger partial charge in [-0.05, 0) is 35.3 Å². The van der Waals surface area contributed by atoms with Crippen LogP contribution in [-0.4, -0.2) is 38.5 Å². The number of sulfonamides is 1. The second kappa shape index (κ2) is 5.58. The summed E-state index contributed by atoms with van der Waals surface area (Å²) in [6, 6.07) is 1.69. The van der Waals surface area contributed by atoms with Crippen LogP contribution >= 0.6 is 27.3 Å². The molecule has 0 aliphatic carbocycles. The third-order valence-electron chi connectivity index (χ3n) is 3.02. The van der Waals surface area contributed by atoms with Crippen LogP contribution in [0.15, 0.2) is 14.7 Å². The third kappa shape index (κ3) is 2.80. The van der Waals surface area contributed by atoms with Gasteiger partial charge in [0.2, 0.25) is 10.0 Å². The molecule has 1 unspecified atom stereocenters. The Morgan fingerprint density at radius 2 is 2.33 bits per heavy atom. The Hall–Kier alpha value is 0.0500. The number of halogens is 1. The lowest BCUT2D eigenvalue weighted by atomic mass is 10.2. The minimum atomic E-state index is -3.38. The number of hydrogen-bond donors (Lipinski definition) is 0. The van der Waals surface area contributed by atoms with Crippen molar-refractivity contribution in [3.05, 3.63) is 14.7 Å². The molecule has 18 heavy (non-hydrogen) atoms. The monoisotopic (exact) mass is 353 g/mol. The number of morpholine rings is 1. The standard InChI is InChI=1S/C11H16BrNO3S2/c1-3-9-7-13(4-5-16-9)18(14,15)10-6-11(12)17-8(10)2/h6,9H,3-5,7H2,1-2H3. The van der Waals surface area contributed by atoms with Crippen molar-refractivity contribution in [3.8, 4) is 0 Å². The lowest BCUT2D eigenvalue weighted by Gasteiger charge is -2.31. The topological polar surface area (TPSA) is 46.6 Å². The molecule has 1 aliphatic heterocycles. The first-order valence-electron chi connectivity index (χ1n) is 5.83. The predicted octanol–water partition coefficient (Wildman–Crippen LogP) is 2.62. The van der Waals surface area contributed by atoms with Gasteiger partial charge in [-0.25, -0.2) is 8.42 Å². The van der Waals surface area contributed by atoms with Crippen molar-refractivity contribution in [1.82, 2.24) is 4.31 Å². The number of ether oxygens (including phenoxy) is 1. The quantitative estimate of drug-likeness (QED) is 0.838. The first-order chi connectivity index (χ1) is 8.45. The SMILES string of the molecule is CCC1CN(S(=O)(=O)c2cc(Br)sc2C)CCO1. The Morgan fingerprint density at radius 3 is 2.89 bits per heavy atom. The molecule has 4 nitrogen and oxygen atoms in total. The van der Waals surface area contributed by atoms with Crippen LogP contribution in [0.1, 0.15) is 18.2 Å². The first-order valence-corrected chi connectivity index (χ1v) is 8.87. The molecule has 0 radical (unpaired) electrons. The Kier molecular flexibility index (Phi) is 4.48. The molecule has 1 aromatic heterocycles. The van der Waals surface area contributed by atoms with Gasteiger partial charge in [0.15, 0.2) is 0 Å². The van der Waals surface area contributed by atoms with Crippen LogP contribution in [0.3, 0.4) is 0 Å². The van der Waals surface area contributed by atoms with Crippen LogP contribution in [0.4, 0.5) is 0 Å². The average molecular weight is 354 g/mol. The number of hydrogen-bond acceptors (Lipinski definition) is 4. The van der Waals surface area contributed by atoms with Crippen molar-refractivity contribution in [2.75, 3.05) is 19.7 Å². The maximum absolute atomic E-state index is 12.5. The second-order valence-corrected chi connectivity index (χ2v) is 8.78. The van der Waals surface area contributed by atoms with E-state index in [-0.39, 0.29) is 6.10 Å². The summed E-state index contributed by atoms with van der Waals surface area (Å²) in [4.78, 5) is 1.23. The van der Waals surface area contributed by atoms with Crippen LogP contribution < -0.4 is 0 Å². The van der Waals surface area contributed by atoms with Crippen LogP contribution in [0.25, 0.3) is 0 Å². The molecule has 2 rings (SSSR count). The van der Waals surface area contributed by atoms with Gasteiger partial charge in [-0.3, -0.25) is 0 Å². The van der Waals surface area contributed by atoms with E-state index in [0.29, 0.717) is 24.6 Å². The zero-order valence-corrected chi connectivity index (χ0v) is 13.6. The molecule has 102 valence electrons. The van der Waals surface area contributed by atoms with Crippen molar-refractivity contribution in [1.29, 1.82) is 0 Å². The molecule has 0 spiro atoms. The third-order valence-corrected chi connectivity index (χ3v) is 6.69. The van der Waals surface area contributed by atoms with Gasteiger partial charge in [0.1, 0.15) is 0 Å². The van der Waals surface area contributed by atoms with E-state index in [1.807, 2.05) is 13.8 Å². The van der Waals surface area contributed by atoms with E-state index in [4.69, 9.17) is 4.74 Å². The molecule has 1 aromatic rings. The lowest BCUT2D eigenvalue weighted by Crippen LogP contribution is -2.45. The minimum Gasteiger partial charge on any atom is -0.375 e. The van der Waals surface area contributed by atoms with Crippen LogP contribution in [0.2, 0.25) is 0 Å². The number of rotatable bonds is 3. The van der Waals surface area contributed by atoms with Crippen molar-refractivity contribution in [2.24, 2.45) is 0 Å². The molecule has 0 amide bonds. The summed E-state index contributed by atoms with van der Waals surface area (Å²) in [5.74, 6) is 0. The van der Waals surface area contributed by atoms with E-state index in [1.54, 1.807) is 6.07 Å². The Balaban J connectivity index is 2.28. The summed E-state index contributed by atoms with van der Waals surface area (Å²) < 4.78 is 33.0. The smallest absolute Gasteiger partial charge is 0.244 e. The Labute approximate surface area is 120 Å². The molecule has 0 N–H and O–H groups in total. The van der Waals surface area contributed by atoms with E-state index in [1.165, 1.54) is 15.6 Å². The molecule has 7 heteroatoms. The van der Waals surface area contributed by atoms with Gasteiger partial charge in [-0.15, -0.1) is 11.3 Å². The Morgan fingerprint density at radius 1 is 1.61 bits per heavy atom. The maximum atomic E-state index is 12.5. The fraction of sp³-hybridized carbons (Fsp3) is 0.636. The minimum absolute atomic E-state index is 0.0101. The summed E-state index contributed by atoms with van der Waals surface area (Å²) in [5.41, 5.74) is 0. The average Bonchev–Trinajstić information content (AvgIpc) is 2.69. The van der Waals surface area contributed by atoms with E-state index in [9.17, 15) is 8.42 Å². The number of nitrogens with zero attached hydrogens (tertiary/aromatic N) is 1.